The lowest BCUT2D eigenvalue weighted by molar-refractivity contribution is -0.111. The van der Waals surface area contributed by atoms with Gasteiger partial charge in [0.1, 0.15) is 36.9 Å². The van der Waals surface area contributed by atoms with Crippen molar-refractivity contribution in [1.29, 1.82) is 0 Å². The third kappa shape index (κ3) is 6.88. The second-order valence-electron chi connectivity index (χ2n) is 11.0. The third-order valence-electron chi connectivity index (χ3n) is 7.89. The van der Waals surface area contributed by atoms with Gasteiger partial charge in [0, 0.05) is 56.1 Å². The molecule has 4 heterocycles. The van der Waals surface area contributed by atoms with Crippen LogP contribution in [-0.2, 0) is 11.4 Å². The molecule has 11 heteroatoms. The van der Waals surface area contributed by atoms with Crippen LogP contribution in [0.3, 0.4) is 0 Å². The van der Waals surface area contributed by atoms with Gasteiger partial charge in [-0.25, -0.2) is 9.97 Å². The predicted octanol–water partition coefficient (Wildman–Crippen LogP) is 5.00. The lowest BCUT2D eigenvalue weighted by atomic mass is 10.0. The van der Waals surface area contributed by atoms with Gasteiger partial charge in [-0.3, -0.25) is 14.7 Å². The maximum Gasteiger partial charge on any atom is 0.247 e. The van der Waals surface area contributed by atoms with Crippen molar-refractivity contribution in [3.8, 4) is 11.5 Å². The minimum atomic E-state index is -0.333. The van der Waals surface area contributed by atoms with Gasteiger partial charge < -0.3 is 25.0 Å². The lowest BCUT2D eigenvalue weighted by Gasteiger charge is -2.20. The van der Waals surface area contributed by atoms with Crippen LogP contribution in [-0.4, -0.2) is 77.0 Å². The van der Waals surface area contributed by atoms with E-state index in [0.717, 1.165) is 50.3 Å². The fourth-order valence-corrected chi connectivity index (χ4v) is 6.08. The Kier molecular flexibility index (Phi) is 8.69. The Bertz CT molecular complexity index is 1610. The van der Waals surface area contributed by atoms with Crippen LogP contribution in [0, 0.1) is 11.8 Å². The number of carbonyl (C=O) groups excluding carboxylic acids is 1. The van der Waals surface area contributed by atoms with E-state index in [1.54, 1.807) is 18.3 Å². The monoisotopic (exact) mass is 599 g/mol. The van der Waals surface area contributed by atoms with Crippen LogP contribution < -0.4 is 20.1 Å². The van der Waals surface area contributed by atoms with E-state index >= 15 is 0 Å². The summed E-state index contributed by atoms with van der Waals surface area (Å²) in [5.74, 6) is 2.79. The van der Waals surface area contributed by atoms with Crippen molar-refractivity contribution >= 4 is 45.6 Å². The number of amides is 1. The molecule has 2 N–H and O–H groups in total. The van der Waals surface area contributed by atoms with Gasteiger partial charge in [-0.15, -0.1) is 0 Å². The van der Waals surface area contributed by atoms with Crippen LogP contribution >= 0.6 is 11.6 Å². The minimum Gasteiger partial charge on any atom is -0.490 e. The summed E-state index contributed by atoms with van der Waals surface area (Å²) in [6, 6.07) is 14.7. The van der Waals surface area contributed by atoms with Crippen molar-refractivity contribution in [2.24, 2.45) is 11.8 Å². The highest BCUT2D eigenvalue weighted by Crippen LogP contribution is 2.35. The molecule has 43 heavy (non-hydrogen) atoms. The van der Waals surface area contributed by atoms with Crippen molar-refractivity contribution in [3.05, 3.63) is 84.4 Å². The Hall–Kier alpha value is -4.25. The first-order chi connectivity index (χ1) is 20.9. The van der Waals surface area contributed by atoms with Gasteiger partial charge in [0.05, 0.1) is 21.9 Å². The Labute approximate surface area is 255 Å². The maximum atomic E-state index is 12.3. The summed E-state index contributed by atoms with van der Waals surface area (Å²) in [6.07, 6.45) is 4.44. The third-order valence-corrected chi connectivity index (χ3v) is 8.18. The van der Waals surface area contributed by atoms with E-state index in [0.29, 0.717) is 57.8 Å². The second-order valence-corrected chi connectivity index (χ2v) is 11.4. The zero-order valence-electron chi connectivity index (χ0n) is 24.0. The standard InChI is InChI=1S/C32H34ClN7O3/c1-3-31(41)38-28-13-25-27(14-30(28)42-11-10-40-17-21-15-39(2)16-22(21)18-40)35-20-36-32(25)37-23-7-8-29(26(33)12-23)43-19-24-6-4-5-9-34-24/h3-9,12-14,20-22H,1,10-11,15-19H2,2H3,(H,38,41)(H,35,36,37). The van der Waals surface area contributed by atoms with Gasteiger partial charge in [0.15, 0.2) is 0 Å². The minimum absolute atomic E-state index is 0.310. The van der Waals surface area contributed by atoms with Crippen molar-refractivity contribution in [1.82, 2.24) is 24.8 Å². The number of hydrogen-bond donors (Lipinski definition) is 2. The average Bonchev–Trinajstić information content (AvgIpc) is 3.54. The second kappa shape index (κ2) is 12.9. The summed E-state index contributed by atoms with van der Waals surface area (Å²) in [5, 5.41) is 7.35. The van der Waals surface area contributed by atoms with Crippen LogP contribution in [0.2, 0.25) is 5.02 Å². The Balaban J connectivity index is 1.17. The van der Waals surface area contributed by atoms with Gasteiger partial charge in [0.2, 0.25) is 5.91 Å². The van der Waals surface area contributed by atoms with E-state index < -0.39 is 0 Å². The normalized spacial score (nSPS) is 18.4. The van der Waals surface area contributed by atoms with Crippen molar-refractivity contribution in [2.45, 2.75) is 6.61 Å². The number of nitrogens with zero attached hydrogens (tertiary/aromatic N) is 5. The molecule has 0 spiro atoms. The molecule has 2 unspecified atom stereocenters. The summed E-state index contributed by atoms with van der Waals surface area (Å²) in [6.45, 7) is 9.74. The van der Waals surface area contributed by atoms with E-state index in [9.17, 15) is 4.79 Å². The van der Waals surface area contributed by atoms with Crippen molar-refractivity contribution in [2.75, 3.05) is 57.0 Å². The SMILES string of the molecule is C=CC(=O)Nc1cc2c(Nc3ccc(OCc4ccccn4)c(Cl)c3)ncnc2cc1OCCN1CC2CN(C)CC2C1. The lowest BCUT2D eigenvalue weighted by Crippen LogP contribution is -2.30. The maximum absolute atomic E-state index is 12.3. The zero-order chi connectivity index (χ0) is 29.8. The molecule has 2 saturated heterocycles. The number of carbonyl (C=O) groups is 1. The molecule has 1 amide bonds. The van der Waals surface area contributed by atoms with E-state index in [1.807, 2.05) is 36.4 Å². The van der Waals surface area contributed by atoms with Gasteiger partial charge in [0.25, 0.3) is 0 Å². The molecule has 2 fully saturated rings. The van der Waals surface area contributed by atoms with Gasteiger partial charge in [-0.2, -0.15) is 0 Å². The molecule has 0 saturated carbocycles. The Morgan fingerprint density at radius 2 is 1.88 bits per heavy atom. The highest BCUT2D eigenvalue weighted by atomic mass is 35.5. The van der Waals surface area contributed by atoms with E-state index in [1.165, 1.54) is 12.4 Å². The van der Waals surface area contributed by atoms with Gasteiger partial charge in [-0.1, -0.05) is 24.2 Å². The first-order valence-electron chi connectivity index (χ1n) is 14.3. The van der Waals surface area contributed by atoms with Crippen LogP contribution in [0.5, 0.6) is 11.5 Å². The highest BCUT2D eigenvalue weighted by molar-refractivity contribution is 6.32. The topological polar surface area (TPSA) is 105 Å². The molecule has 4 aromatic rings. The zero-order valence-corrected chi connectivity index (χ0v) is 24.8. The molecular formula is C32H34ClN7O3. The number of ether oxygens (including phenoxy) is 2. The predicted molar refractivity (Wildman–Crippen MR) is 168 cm³/mol. The van der Waals surface area contributed by atoms with Crippen LogP contribution in [0.4, 0.5) is 17.2 Å². The molecule has 222 valence electrons. The molecule has 0 bridgehead atoms. The van der Waals surface area contributed by atoms with E-state index in [2.05, 4.69) is 49.0 Å². The number of anilines is 3. The number of benzene rings is 2. The fraction of sp³-hybridized carbons (Fsp3) is 0.312. The number of rotatable bonds is 11. The molecule has 2 aliphatic rings. The Morgan fingerprint density at radius 3 is 2.63 bits per heavy atom. The number of fused-ring (bicyclic) bond motifs is 2. The fourth-order valence-electron chi connectivity index (χ4n) is 5.84. The molecule has 0 aliphatic carbocycles. The number of aromatic nitrogens is 3. The Morgan fingerprint density at radius 1 is 1.05 bits per heavy atom. The van der Waals surface area contributed by atoms with Crippen LogP contribution in [0.15, 0.2) is 73.7 Å². The summed E-state index contributed by atoms with van der Waals surface area (Å²) in [4.78, 5) is 30.4. The van der Waals surface area contributed by atoms with Crippen LogP contribution in [0.1, 0.15) is 5.69 Å². The number of hydrogen-bond acceptors (Lipinski definition) is 9. The number of pyridine rings is 1. The molecule has 0 radical (unpaired) electrons. The molecule has 2 aromatic heterocycles. The highest BCUT2D eigenvalue weighted by Gasteiger charge is 2.38. The molecule has 10 nitrogen and oxygen atoms in total. The number of likely N-dealkylation sites (tertiary alicyclic amines) is 2. The van der Waals surface area contributed by atoms with Crippen molar-refractivity contribution in [3.63, 3.8) is 0 Å². The summed E-state index contributed by atoms with van der Waals surface area (Å²) in [7, 11) is 2.20. The molecule has 6 rings (SSSR count). The smallest absolute Gasteiger partial charge is 0.247 e. The molecular weight excluding hydrogens is 566 g/mol. The van der Waals surface area contributed by atoms with Crippen LogP contribution in [0.25, 0.3) is 10.9 Å². The largest absolute Gasteiger partial charge is 0.490 e. The molecule has 2 aromatic carbocycles. The average molecular weight is 600 g/mol. The van der Waals surface area contributed by atoms with Gasteiger partial charge in [-0.05, 0) is 61.4 Å². The molecule has 2 aliphatic heterocycles. The summed E-state index contributed by atoms with van der Waals surface area (Å²) >= 11 is 6.53. The van der Waals surface area contributed by atoms with Crippen molar-refractivity contribution < 1.29 is 14.3 Å². The quantitative estimate of drug-likeness (QED) is 0.231. The first-order valence-corrected chi connectivity index (χ1v) is 14.7. The number of nitrogens with one attached hydrogen (secondary N) is 2. The van der Waals surface area contributed by atoms with Gasteiger partial charge >= 0.3 is 0 Å². The molecule has 2 atom stereocenters. The first kappa shape index (κ1) is 28.9. The van der Waals surface area contributed by atoms with E-state index in [4.69, 9.17) is 21.1 Å². The summed E-state index contributed by atoms with van der Waals surface area (Å²) in [5.41, 5.74) is 2.71. The number of halogens is 1. The van der Waals surface area contributed by atoms with E-state index in [-0.39, 0.29) is 5.91 Å². The summed E-state index contributed by atoms with van der Waals surface area (Å²) < 4.78 is 12.1.